The van der Waals surface area contributed by atoms with Crippen LogP contribution < -0.4 is 11.1 Å². The van der Waals surface area contributed by atoms with Crippen molar-refractivity contribution in [2.75, 3.05) is 20.7 Å². The number of amides is 1. The summed E-state index contributed by atoms with van der Waals surface area (Å²) in [6.45, 7) is 0.526. The van der Waals surface area contributed by atoms with Gasteiger partial charge in [0.15, 0.2) is 5.69 Å². The summed E-state index contributed by atoms with van der Waals surface area (Å²) in [7, 11) is 3.39. The van der Waals surface area contributed by atoms with Crippen molar-refractivity contribution in [1.82, 2.24) is 25.2 Å². The fourth-order valence-electron chi connectivity index (χ4n) is 4.08. The minimum Gasteiger partial charge on any atom is -0.469 e. The first kappa shape index (κ1) is 19.8. The van der Waals surface area contributed by atoms with Gasteiger partial charge in [0.05, 0.1) is 25.8 Å². The molecule has 1 aromatic rings. The third-order valence-corrected chi connectivity index (χ3v) is 5.97. The van der Waals surface area contributed by atoms with Crippen LogP contribution in [0, 0.1) is 0 Å². The number of aromatic nitrogens is 3. The zero-order valence-corrected chi connectivity index (χ0v) is 16.1. The SMILES string of the molecule is COC(=O)C[C@H]1CC[C@@H](CNC(=O)c2cn(C3CCC(N)CC3)nn2)N1C. The van der Waals surface area contributed by atoms with Gasteiger partial charge in [-0.3, -0.25) is 14.5 Å². The molecule has 9 heteroatoms. The Hall–Kier alpha value is -2.00. The van der Waals surface area contributed by atoms with Crippen LogP contribution in [0.15, 0.2) is 6.20 Å². The maximum absolute atomic E-state index is 12.4. The molecule has 0 unspecified atom stereocenters. The molecule has 3 N–H and O–H groups in total. The Bertz CT molecular complexity index is 655. The van der Waals surface area contributed by atoms with Crippen molar-refractivity contribution in [1.29, 1.82) is 0 Å². The molecule has 0 radical (unpaired) electrons. The van der Waals surface area contributed by atoms with Crippen LogP contribution in [0.1, 0.15) is 61.5 Å². The molecule has 1 aliphatic heterocycles. The summed E-state index contributed by atoms with van der Waals surface area (Å²) in [6, 6.07) is 0.925. The standard InChI is InChI=1S/C18H30N6O3/c1-23-14(9-17(25)27-2)7-8-15(23)10-20-18(26)16-11-24(22-21-16)13-5-3-12(19)4-6-13/h11-15H,3-10,19H2,1-2H3,(H,20,26)/t12?,13?,14-,15+/m1/s1. The van der Waals surface area contributed by atoms with E-state index in [-0.39, 0.29) is 36.0 Å². The first-order valence-electron chi connectivity index (χ1n) is 9.72. The van der Waals surface area contributed by atoms with Gasteiger partial charge in [0.2, 0.25) is 0 Å². The molecule has 150 valence electrons. The van der Waals surface area contributed by atoms with Crippen molar-refractivity contribution < 1.29 is 14.3 Å². The molecule has 1 saturated heterocycles. The third kappa shape index (κ3) is 4.84. The van der Waals surface area contributed by atoms with Gasteiger partial charge >= 0.3 is 5.97 Å². The number of ether oxygens (including phenoxy) is 1. The second-order valence-corrected chi connectivity index (χ2v) is 7.69. The molecule has 1 saturated carbocycles. The molecule has 1 aliphatic carbocycles. The second-order valence-electron chi connectivity index (χ2n) is 7.69. The van der Waals surface area contributed by atoms with Gasteiger partial charge in [0.25, 0.3) is 5.91 Å². The Morgan fingerprint density at radius 3 is 2.63 bits per heavy atom. The fourth-order valence-corrected chi connectivity index (χ4v) is 4.08. The van der Waals surface area contributed by atoms with E-state index >= 15 is 0 Å². The number of hydrogen-bond donors (Lipinski definition) is 2. The molecule has 3 rings (SSSR count). The van der Waals surface area contributed by atoms with Gasteiger partial charge in [0, 0.05) is 24.7 Å². The highest BCUT2D eigenvalue weighted by Crippen LogP contribution is 2.27. The summed E-state index contributed by atoms with van der Waals surface area (Å²) < 4.78 is 6.55. The van der Waals surface area contributed by atoms with E-state index < -0.39 is 0 Å². The molecular weight excluding hydrogens is 348 g/mol. The number of carbonyl (C=O) groups excluding carboxylic acids is 2. The summed E-state index contributed by atoms with van der Waals surface area (Å²) >= 11 is 0. The highest BCUT2D eigenvalue weighted by Gasteiger charge is 2.32. The Labute approximate surface area is 159 Å². The predicted molar refractivity (Wildman–Crippen MR) is 99.0 cm³/mol. The number of carbonyl (C=O) groups is 2. The van der Waals surface area contributed by atoms with Crippen molar-refractivity contribution >= 4 is 11.9 Å². The highest BCUT2D eigenvalue weighted by molar-refractivity contribution is 5.91. The molecule has 2 fully saturated rings. The Balaban J connectivity index is 1.48. The number of nitrogens with one attached hydrogen (secondary N) is 1. The zero-order chi connectivity index (χ0) is 19.4. The number of hydrogen-bond acceptors (Lipinski definition) is 7. The van der Waals surface area contributed by atoms with Crippen LogP contribution in [-0.4, -0.2) is 70.6 Å². The molecule has 0 spiro atoms. The minimum absolute atomic E-state index is 0.165. The topological polar surface area (TPSA) is 115 Å². The van der Waals surface area contributed by atoms with Crippen molar-refractivity contribution in [3.63, 3.8) is 0 Å². The van der Waals surface area contributed by atoms with Crippen molar-refractivity contribution in [2.45, 2.75) is 69.1 Å². The molecule has 27 heavy (non-hydrogen) atoms. The van der Waals surface area contributed by atoms with Crippen molar-refractivity contribution in [2.24, 2.45) is 5.73 Å². The van der Waals surface area contributed by atoms with E-state index in [2.05, 4.69) is 20.5 Å². The quantitative estimate of drug-likeness (QED) is 0.692. The molecular formula is C18H30N6O3. The van der Waals surface area contributed by atoms with Crippen molar-refractivity contribution in [3.05, 3.63) is 11.9 Å². The van der Waals surface area contributed by atoms with E-state index in [4.69, 9.17) is 10.5 Å². The molecule has 2 aliphatic rings. The van der Waals surface area contributed by atoms with Gasteiger partial charge in [-0.1, -0.05) is 5.21 Å². The summed E-state index contributed by atoms with van der Waals surface area (Å²) in [5.41, 5.74) is 6.29. The summed E-state index contributed by atoms with van der Waals surface area (Å²) in [4.78, 5) is 26.1. The van der Waals surface area contributed by atoms with E-state index in [9.17, 15) is 9.59 Å². The van der Waals surface area contributed by atoms with E-state index in [1.807, 2.05) is 7.05 Å². The lowest BCUT2D eigenvalue weighted by atomic mass is 9.92. The maximum atomic E-state index is 12.4. The lowest BCUT2D eigenvalue weighted by molar-refractivity contribution is -0.141. The van der Waals surface area contributed by atoms with Gasteiger partial charge in [-0.25, -0.2) is 4.68 Å². The molecule has 2 atom stereocenters. The maximum Gasteiger partial charge on any atom is 0.307 e. The van der Waals surface area contributed by atoms with Gasteiger partial charge in [-0.15, -0.1) is 5.10 Å². The molecule has 0 bridgehead atoms. The lowest BCUT2D eigenvalue weighted by Gasteiger charge is -2.25. The predicted octanol–water partition coefficient (Wildman–Crippen LogP) is 0.476. The number of nitrogens with zero attached hydrogens (tertiary/aromatic N) is 4. The third-order valence-electron chi connectivity index (χ3n) is 5.97. The monoisotopic (exact) mass is 378 g/mol. The first-order valence-corrected chi connectivity index (χ1v) is 9.72. The van der Waals surface area contributed by atoms with Crippen LogP contribution >= 0.6 is 0 Å². The normalized spacial score (nSPS) is 28.9. The number of likely N-dealkylation sites (tertiary alicyclic amines) is 1. The van der Waals surface area contributed by atoms with Gasteiger partial charge in [-0.05, 0) is 45.6 Å². The van der Waals surface area contributed by atoms with Crippen LogP contribution in [-0.2, 0) is 9.53 Å². The van der Waals surface area contributed by atoms with Crippen LogP contribution in [0.2, 0.25) is 0 Å². The van der Waals surface area contributed by atoms with Crippen LogP contribution in [0.3, 0.4) is 0 Å². The number of likely N-dealkylation sites (N-methyl/N-ethyl adjacent to an activating group) is 1. The van der Waals surface area contributed by atoms with Gasteiger partial charge in [0.1, 0.15) is 0 Å². The van der Waals surface area contributed by atoms with Crippen LogP contribution in [0.25, 0.3) is 0 Å². The average Bonchev–Trinajstić information content (AvgIpc) is 3.29. The van der Waals surface area contributed by atoms with E-state index in [0.717, 1.165) is 38.5 Å². The first-order chi connectivity index (χ1) is 13.0. The largest absolute Gasteiger partial charge is 0.469 e. The Kier molecular flexibility index (Phi) is 6.43. The molecule has 1 amide bonds. The summed E-state index contributed by atoms with van der Waals surface area (Å²) in [5.74, 6) is -0.407. The number of nitrogens with two attached hydrogens (primary N) is 1. The average molecular weight is 378 g/mol. The highest BCUT2D eigenvalue weighted by atomic mass is 16.5. The van der Waals surface area contributed by atoms with Crippen LogP contribution in [0.4, 0.5) is 0 Å². The van der Waals surface area contributed by atoms with Gasteiger partial charge in [-0.2, -0.15) is 0 Å². The van der Waals surface area contributed by atoms with Crippen LogP contribution in [0.5, 0.6) is 0 Å². The van der Waals surface area contributed by atoms with E-state index in [0.29, 0.717) is 18.7 Å². The molecule has 9 nitrogen and oxygen atoms in total. The fraction of sp³-hybridized carbons (Fsp3) is 0.778. The number of methoxy groups -OCH3 is 1. The minimum atomic E-state index is -0.210. The van der Waals surface area contributed by atoms with Crippen molar-refractivity contribution in [3.8, 4) is 0 Å². The van der Waals surface area contributed by atoms with E-state index in [1.54, 1.807) is 10.9 Å². The molecule has 2 heterocycles. The summed E-state index contributed by atoms with van der Waals surface area (Å²) in [5, 5.41) is 11.1. The Morgan fingerprint density at radius 1 is 1.22 bits per heavy atom. The number of rotatable bonds is 6. The lowest BCUT2D eigenvalue weighted by Crippen LogP contribution is -2.41. The second kappa shape index (κ2) is 8.79. The van der Waals surface area contributed by atoms with E-state index in [1.165, 1.54) is 7.11 Å². The zero-order valence-electron chi connectivity index (χ0n) is 16.1. The Morgan fingerprint density at radius 2 is 1.93 bits per heavy atom. The summed E-state index contributed by atoms with van der Waals surface area (Å²) in [6.07, 6.45) is 7.88. The molecule has 1 aromatic heterocycles. The van der Waals surface area contributed by atoms with Gasteiger partial charge < -0.3 is 15.8 Å². The molecule has 0 aromatic carbocycles. The smallest absolute Gasteiger partial charge is 0.307 e. The number of esters is 1.